The minimum Gasteiger partial charge on any atom is -0.458 e. The van der Waals surface area contributed by atoms with E-state index < -0.39 is 5.97 Å². The molecule has 0 amide bonds. The highest BCUT2D eigenvalue weighted by Gasteiger charge is 2.29. The quantitative estimate of drug-likeness (QED) is 0.456. The number of ether oxygens (including phenoxy) is 1. The van der Waals surface area contributed by atoms with Crippen molar-refractivity contribution < 1.29 is 14.3 Å². The number of fused-ring (bicyclic) bond motifs is 2. The molecule has 1 heterocycles. The van der Waals surface area contributed by atoms with E-state index in [0.29, 0.717) is 5.70 Å². The molecule has 0 saturated carbocycles. The zero-order valence-electron chi connectivity index (χ0n) is 10.6. The Morgan fingerprint density at radius 1 is 1.30 bits per heavy atom. The summed E-state index contributed by atoms with van der Waals surface area (Å²) in [5, 5.41) is 1.67. The van der Waals surface area contributed by atoms with Crippen molar-refractivity contribution in [2.75, 3.05) is 6.61 Å². The summed E-state index contributed by atoms with van der Waals surface area (Å²) in [5.41, 5.74) is 1.17. The van der Waals surface area contributed by atoms with Crippen LogP contribution in [-0.4, -0.2) is 18.4 Å². The Morgan fingerprint density at radius 2 is 2.10 bits per heavy atom. The Morgan fingerprint density at radius 3 is 2.90 bits per heavy atom. The molecule has 0 radical (unpaired) electrons. The Balaban J connectivity index is 2.19. The Bertz CT molecular complexity index is 812. The number of para-hydroxylation sites is 1. The molecule has 1 aromatic carbocycles. The first-order chi connectivity index (χ1) is 9.72. The fourth-order valence-corrected chi connectivity index (χ4v) is 2.23. The summed E-state index contributed by atoms with van der Waals surface area (Å²) in [6.07, 6.45) is 4.52. The van der Waals surface area contributed by atoms with Gasteiger partial charge in [0.25, 0.3) is 0 Å². The molecule has 0 atom stereocenters. The molecular weight excluding hydrogens is 254 g/mol. The van der Waals surface area contributed by atoms with Gasteiger partial charge in [0.05, 0.1) is 11.1 Å². The van der Waals surface area contributed by atoms with Crippen molar-refractivity contribution in [3.05, 3.63) is 70.9 Å². The fraction of sp³-hybridized carbons (Fsp3) is 0.0625. The minimum atomic E-state index is -0.664. The van der Waals surface area contributed by atoms with Gasteiger partial charge in [-0.2, -0.15) is 0 Å². The molecule has 0 N–H and O–H groups in total. The van der Waals surface area contributed by atoms with Gasteiger partial charge < -0.3 is 4.74 Å². The van der Waals surface area contributed by atoms with Gasteiger partial charge in [0.15, 0.2) is 5.78 Å². The topological polar surface area (TPSA) is 55.7 Å². The highest BCUT2D eigenvalue weighted by atomic mass is 16.5. The lowest BCUT2D eigenvalue weighted by Gasteiger charge is -2.11. The van der Waals surface area contributed by atoms with Gasteiger partial charge in [0.2, 0.25) is 0 Å². The molecule has 3 rings (SSSR count). The average molecular weight is 265 g/mol. The summed E-state index contributed by atoms with van der Waals surface area (Å²) < 4.78 is 4.97. The van der Waals surface area contributed by atoms with Crippen LogP contribution in [0.3, 0.4) is 0 Å². The molecule has 0 bridgehead atoms. The summed E-state index contributed by atoms with van der Waals surface area (Å²) >= 11 is 0. The van der Waals surface area contributed by atoms with Crippen LogP contribution in [0, 0.1) is 0 Å². The van der Waals surface area contributed by atoms with Gasteiger partial charge in [-0.25, -0.2) is 9.79 Å². The van der Waals surface area contributed by atoms with Crippen LogP contribution in [0.1, 0.15) is 0 Å². The molecule has 0 saturated heterocycles. The van der Waals surface area contributed by atoms with Gasteiger partial charge in [-0.1, -0.05) is 30.9 Å². The zero-order valence-corrected chi connectivity index (χ0v) is 10.6. The fourth-order valence-electron chi connectivity index (χ4n) is 2.23. The first kappa shape index (κ1) is 12.3. The number of esters is 1. The third kappa shape index (κ3) is 1.82. The van der Waals surface area contributed by atoms with Crippen molar-refractivity contribution in [2.45, 2.75) is 0 Å². The molecule has 0 aromatic heterocycles. The maximum Gasteiger partial charge on any atom is 0.344 e. The molecule has 4 heteroatoms. The molecule has 98 valence electrons. The first-order valence-corrected chi connectivity index (χ1v) is 6.15. The number of hydrogen-bond donors (Lipinski definition) is 0. The van der Waals surface area contributed by atoms with E-state index in [2.05, 4.69) is 11.6 Å². The number of benzene rings is 1. The smallest absolute Gasteiger partial charge is 0.344 e. The number of carbonyl (C=O) groups is 2. The average Bonchev–Trinajstić information content (AvgIpc) is 2.82. The lowest BCUT2D eigenvalue weighted by molar-refractivity contribution is -0.139. The van der Waals surface area contributed by atoms with E-state index in [-0.39, 0.29) is 18.0 Å². The third-order valence-electron chi connectivity index (χ3n) is 3.10. The molecule has 0 unspecified atom stereocenters. The van der Waals surface area contributed by atoms with E-state index in [0.717, 1.165) is 16.1 Å². The molecule has 1 aliphatic heterocycles. The highest BCUT2D eigenvalue weighted by Crippen LogP contribution is 2.25. The lowest BCUT2D eigenvalue weighted by atomic mass is 9.97. The normalized spacial score (nSPS) is 15.6. The Labute approximate surface area is 115 Å². The predicted octanol–water partition coefficient (Wildman–Crippen LogP) is 0.593. The van der Waals surface area contributed by atoms with E-state index in [1.165, 1.54) is 12.2 Å². The van der Waals surface area contributed by atoms with Gasteiger partial charge in [-0.05, 0) is 18.2 Å². The number of rotatable bonds is 3. The highest BCUT2D eigenvalue weighted by molar-refractivity contribution is 6.25. The standard InChI is InChI=1S/C16H11NO3/c1-2-9-20-16(19)14-13(18)8-7-11-10-5-3-4-6-12(10)17-15(11)14/h2-8H,1,9H2. The molecule has 1 aliphatic carbocycles. The summed E-state index contributed by atoms with van der Waals surface area (Å²) in [4.78, 5) is 28.3. The van der Waals surface area contributed by atoms with Crippen molar-refractivity contribution in [1.29, 1.82) is 0 Å². The van der Waals surface area contributed by atoms with Gasteiger partial charge in [0, 0.05) is 10.8 Å². The van der Waals surface area contributed by atoms with Gasteiger partial charge >= 0.3 is 5.97 Å². The largest absolute Gasteiger partial charge is 0.458 e. The minimum absolute atomic E-state index is 0.0134. The van der Waals surface area contributed by atoms with Crippen molar-refractivity contribution >= 4 is 17.3 Å². The molecule has 0 fully saturated rings. The molecule has 1 aromatic rings. The van der Waals surface area contributed by atoms with E-state index >= 15 is 0 Å². The molecular formula is C16H11NO3. The van der Waals surface area contributed by atoms with Crippen LogP contribution < -0.4 is 10.6 Å². The van der Waals surface area contributed by atoms with Crippen molar-refractivity contribution in [2.24, 2.45) is 4.99 Å². The number of carbonyl (C=O) groups excluding carboxylic acids is 2. The maximum atomic E-state index is 12.0. The predicted molar refractivity (Wildman–Crippen MR) is 73.0 cm³/mol. The number of nitrogens with zero attached hydrogens (tertiary/aromatic N) is 1. The second-order valence-corrected chi connectivity index (χ2v) is 4.35. The molecule has 4 nitrogen and oxygen atoms in total. The molecule has 0 spiro atoms. The summed E-state index contributed by atoms with van der Waals surface area (Å²) in [6.45, 7) is 3.54. The van der Waals surface area contributed by atoms with Crippen molar-refractivity contribution in [1.82, 2.24) is 0 Å². The number of ketones is 1. The number of allylic oxidation sites excluding steroid dienone is 2. The first-order valence-electron chi connectivity index (χ1n) is 6.15. The molecule has 2 aliphatic rings. The summed E-state index contributed by atoms with van der Waals surface area (Å²) in [6, 6.07) is 7.51. The second kappa shape index (κ2) is 4.74. The van der Waals surface area contributed by atoms with Crippen molar-refractivity contribution in [3.63, 3.8) is 0 Å². The van der Waals surface area contributed by atoms with Crippen LogP contribution in [0.4, 0.5) is 0 Å². The second-order valence-electron chi connectivity index (χ2n) is 4.35. The van der Waals surface area contributed by atoms with E-state index in [4.69, 9.17) is 4.74 Å². The summed E-state index contributed by atoms with van der Waals surface area (Å²) in [5.74, 6) is -1.04. The maximum absolute atomic E-state index is 12.0. The zero-order chi connectivity index (χ0) is 14.1. The van der Waals surface area contributed by atoms with E-state index in [1.54, 1.807) is 6.08 Å². The van der Waals surface area contributed by atoms with Crippen molar-refractivity contribution in [3.8, 4) is 0 Å². The SMILES string of the molecule is C=CCOC(=O)C1=C2N=c3ccccc3=C2C=CC1=O. The van der Waals surface area contributed by atoms with E-state index in [1.807, 2.05) is 24.3 Å². The van der Waals surface area contributed by atoms with Gasteiger partial charge in [-0.3, -0.25) is 4.79 Å². The monoisotopic (exact) mass is 265 g/mol. The van der Waals surface area contributed by atoms with Crippen LogP contribution >= 0.6 is 0 Å². The van der Waals surface area contributed by atoms with Gasteiger partial charge in [0.1, 0.15) is 12.2 Å². The molecule has 20 heavy (non-hydrogen) atoms. The van der Waals surface area contributed by atoms with Crippen LogP contribution in [0.15, 0.2) is 65.3 Å². The Hall–Kier alpha value is -2.75. The van der Waals surface area contributed by atoms with Crippen LogP contribution in [0.5, 0.6) is 0 Å². The van der Waals surface area contributed by atoms with Crippen LogP contribution in [0.2, 0.25) is 0 Å². The lowest BCUT2D eigenvalue weighted by Crippen LogP contribution is -2.22. The summed E-state index contributed by atoms with van der Waals surface area (Å²) in [7, 11) is 0. The van der Waals surface area contributed by atoms with Crippen LogP contribution in [0.25, 0.3) is 5.57 Å². The van der Waals surface area contributed by atoms with E-state index in [9.17, 15) is 9.59 Å². The van der Waals surface area contributed by atoms with Gasteiger partial charge in [-0.15, -0.1) is 0 Å². The Kier molecular flexibility index (Phi) is 2.91. The van der Waals surface area contributed by atoms with Crippen LogP contribution in [-0.2, 0) is 14.3 Å². The third-order valence-corrected chi connectivity index (χ3v) is 3.10. The number of hydrogen-bond acceptors (Lipinski definition) is 4.